The summed E-state index contributed by atoms with van der Waals surface area (Å²) in [5.41, 5.74) is 2.29. The number of hydrogen-bond donors (Lipinski definition) is 1. The molecule has 0 aromatic carbocycles. The third-order valence-electron chi connectivity index (χ3n) is 1.53. The summed E-state index contributed by atoms with van der Waals surface area (Å²) < 4.78 is 10.4. The quantitative estimate of drug-likeness (QED) is 0.401. The van der Waals surface area contributed by atoms with Crippen molar-refractivity contribution >= 4 is 0 Å². The summed E-state index contributed by atoms with van der Waals surface area (Å²) in [6.45, 7) is 9.03. The maximum atomic E-state index is 9.43. The molecule has 0 saturated heterocycles. The Morgan fingerprint density at radius 3 is 2.33 bits per heavy atom. The standard InChI is InChI=1S/C12H22O3/c1-10(2)5-6-14-8-12(13)9-15-7-11(3)4/h5,7,12-13H,6,8-9H2,1-4H3. The first kappa shape index (κ1) is 14.2. The fourth-order valence-electron chi connectivity index (χ4n) is 0.804. The van der Waals surface area contributed by atoms with E-state index in [4.69, 9.17) is 9.47 Å². The van der Waals surface area contributed by atoms with E-state index in [0.29, 0.717) is 13.2 Å². The Morgan fingerprint density at radius 1 is 1.13 bits per heavy atom. The van der Waals surface area contributed by atoms with E-state index in [1.807, 2.05) is 33.8 Å². The van der Waals surface area contributed by atoms with Gasteiger partial charge < -0.3 is 14.6 Å². The van der Waals surface area contributed by atoms with Gasteiger partial charge in [-0.2, -0.15) is 0 Å². The Hall–Kier alpha value is -0.800. The first-order valence-electron chi connectivity index (χ1n) is 5.16. The predicted octanol–water partition coefficient (Wildman–Crippen LogP) is 2.27. The van der Waals surface area contributed by atoms with Gasteiger partial charge in [-0.1, -0.05) is 11.6 Å². The minimum Gasteiger partial charge on any atom is -0.498 e. The SMILES string of the molecule is CC(C)=CCOCC(O)COC=C(C)C. The van der Waals surface area contributed by atoms with Crippen molar-refractivity contribution in [2.45, 2.75) is 33.8 Å². The summed E-state index contributed by atoms with van der Waals surface area (Å²) in [6.07, 6.45) is 3.05. The molecular formula is C12H22O3. The van der Waals surface area contributed by atoms with Crippen molar-refractivity contribution in [2.75, 3.05) is 19.8 Å². The fourth-order valence-corrected chi connectivity index (χ4v) is 0.804. The van der Waals surface area contributed by atoms with Gasteiger partial charge >= 0.3 is 0 Å². The molecule has 3 nitrogen and oxygen atoms in total. The van der Waals surface area contributed by atoms with E-state index in [2.05, 4.69) is 0 Å². The van der Waals surface area contributed by atoms with Crippen LogP contribution in [0.5, 0.6) is 0 Å². The molecule has 0 spiro atoms. The molecule has 0 aliphatic carbocycles. The molecule has 1 atom stereocenters. The maximum absolute atomic E-state index is 9.43. The summed E-state index contributed by atoms with van der Waals surface area (Å²) in [5, 5.41) is 9.43. The zero-order valence-corrected chi connectivity index (χ0v) is 10.1. The molecule has 0 amide bonds. The van der Waals surface area contributed by atoms with Crippen LogP contribution in [0.2, 0.25) is 0 Å². The van der Waals surface area contributed by atoms with Gasteiger partial charge in [0.2, 0.25) is 0 Å². The molecule has 0 aliphatic heterocycles. The van der Waals surface area contributed by atoms with E-state index >= 15 is 0 Å². The van der Waals surface area contributed by atoms with Gasteiger partial charge in [-0.15, -0.1) is 0 Å². The Bertz CT molecular complexity index is 211. The third kappa shape index (κ3) is 11.1. The summed E-state index contributed by atoms with van der Waals surface area (Å²) in [6, 6.07) is 0. The average Bonchev–Trinajstić information content (AvgIpc) is 2.11. The van der Waals surface area contributed by atoms with Gasteiger partial charge in [-0.25, -0.2) is 0 Å². The average molecular weight is 214 g/mol. The molecule has 1 unspecified atom stereocenters. The third-order valence-corrected chi connectivity index (χ3v) is 1.53. The van der Waals surface area contributed by atoms with Crippen molar-refractivity contribution in [1.29, 1.82) is 0 Å². The van der Waals surface area contributed by atoms with Crippen molar-refractivity contribution in [3.05, 3.63) is 23.5 Å². The molecule has 88 valence electrons. The summed E-state index contributed by atoms with van der Waals surface area (Å²) in [4.78, 5) is 0. The zero-order valence-electron chi connectivity index (χ0n) is 10.1. The fraction of sp³-hybridized carbons (Fsp3) is 0.667. The lowest BCUT2D eigenvalue weighted by Gasteiger charge is -2.10. The Balaban J connectivity index is 3.45. The largest absolute Gasteiger partial charge is 0.498 e. The molecule has 1 N–H and O–H groups in total. The highest BCUT2D eigenvalue weighted by atomic mass is 16.5. The van der Waals surface area contributed by atoms with Crippen LogP contribution in [-0.4, -0.2) is 31.0 Å². The second-order valence-corrected chi connectivity index (χ2v) is 4.00. The Labute approximate surface area is 92.4 Å². The van der Waals surface area contributed by atoms with Gasteiger partial charge in [0, 0.05) is 0 Å². The highest BCUT2D eigenvalue weighted by Gasteiger charge is 2.02. The van der Waals surface area contributed by atoms with Gasteiger partial charge in [-0.05, 0) is 33.3 Å². The van der Waals surface area contributed by atoms with Crippen LogP contribution in [0.3, 0.4) is 0 Å². The molecular weight excluding hydrogens is 192 g/mol. The van der Waals surface area contributed by atoms with Crippen LogP contribution >= 0.6 is 0 Å². The molecule has 3 heteroatoms. The van der Waals surface area contributed by atoms with Gasteiger partial charge in [0.05, 0.1) is 19.5 Å². The van der Waals surface area contributed by atoms with E-state index < -0.39 is 6.10 Å². The van der Waals surface area contributed by atoms with Gasteiger partial charge in [0.25, 0.3) is 0 Å². The van der Waals surface area contributed by atoms with Crippen LogP contribution in [0.4, 0.5) is 0 Å². The highest BCUT2D eigenvalue weighted by molar-refractivity contribution is 4.92. The second kappa shape index (κ2) is 8.50. The summed E-state index contributed by atoms with van der Waals surface area (Å²) >= 11 is 0. The van der Waals surface area contributed by atoms with Crippen molar-refractivity contribution in [3.8, 4) is 0 Å². The van der Waals surface area contributed by atoms with Crippen LogP contribution in [-0.2, 0) is 9.47 Å². The number of aliphatic hydroxyl groups is 1. The van der Waals surface area contributed by atoms with E-state index in [1.165, 1.54) is 5.57 Å². The summed E-state index contributed by atoms with van der Waals surface area (Å²) in [5.74, 6) is 0. The van der Waals surface area contributed by atoms with Crippen LogP contribution < -0.4 is 0 Å². The van der Waals surface area contributed by atoms with E-state index in [1.54, 1.807) is 6.26 Å². The maximum Gasteiger partial charge on any atom is 0.115 e. The molecule has 0 aromatic rings. The molecule has 0 heterocycles. The van der Waals surface area contributed by atoms with Crippen LogP contribution in [0, 0.1) is 0 Å². The monoisotopic (exact) mass is 214 g/mol. The number of rotatable bonds is 7. The molecule has 0 aliphatic rings. The van der Waals surface area contributed by atoms with Gasteiger partial charge in [0.1, 0.15) is 12.7 Å². The normalized spacial score (nSPS) is 11.8. The number of allylic oxidation sites excluding steroid dienone is 2. The minimum atomic E-state index is -0.564. The minimum absolute atomic E-state index is 0.278. The molecule has 15 heavy (non-hydrogen) atoms. The topological polar surface area (TPSA) is 38.7 Å². The van der Waals surface area contributed by atoms with E-state index in [0.717, 1.165) is 5.57 Å². The molecule has 0 fully saturated rings. The molecule has 0 rings (SSSR count). The van der Waals surface area contributed by atoms with Gasteiger partial charge in [-0.3, -0.25) is 0 Å². The van der Waals surface area contributed by atoms with Crippen molar-refractivity contribution in [1.82, 2.24) is 0 Å². The lowest BCUT2D eigenvalue weighted by molar-refractivity contribution is 0.0101. The number of aliphatic hydroxyl groups excluding tert-OH is 1. The predicted molar refractivity (Wildman–Crippen MR) is 61.6 cm³/mol. The van der Waals surface area contributed by atoms with E-state index in [-0.39, 0.29) is 6.61 Å². The van der Waals surface area contributed by atoms with Crippen molar-refractivity contribution < 1.29 is 14.6 Å². The Kier molecular flexibility index (Phi) is 8.05. The van der Waals surface area contributed by atoms with Crippen LogP contribution in [0.1, 0.15) is 27.7 Å². The Morgan fingerprint density at radius 2 is 1.80 bits per heavy atom. The first-order chi connectivity index (χ1) is 7.02. The van der Waals surface area contributed by atoms with Crippen LogP contribution in [0.25, 0.3) is 0 Å². The summed E-state index contributed by atoms with van der Waals surface area (Å²) in [7, 11) is 0. The number of hydrogen-bond acceptors (Lipinski definition) is 3. The molecule has 0 radical (unpaired) electrons. The molecule has 0 saturated carbocycles. The lowest BCUT2D eigenvalue weighted by Crippen LogP contribution is -2.20. The van der Waals surface area contributed by atoms with Crippen molar-refractivity contribution in [2.24, 2.45) is 0 Å². The lowest BCUT2D eigenvalue weighted by atomic mass is 10.3. The molecule has 0 bridgehead atoms. The zero-order chi connectivity index (χ0) is 11.7. The van der Waals surface area contributed by atoms with Gasteiger partial charge in [0.15, 0.2) is 0 Å². The van der Waals surface area contributed by atoms with E-state index in [9.17, 15) is 5.11 Å². The van der Waals surface area contributed by atoms with Crippen molar-refractivity contribution in [3.63, 3.8) is 0 Å². The first-order valence-corrected chi connectivity index (χ1v) is 5.16. The molecule has 0 aromatic heterocycles. The smallest absolute Gasteiger partial charge is 0.115 e. The second-order valence-electron chi connectivity index (χ2n) is 4.00. The highest BCUT2D eigenvalue weighted by Crippen LogP contribution is 1.94. The van der Waals surface area contributed by atoms with Crippen LogP contribution in [0.15, 0.2) is 23.5 Å². The number of ether oxygens (including phenoxy) is 2.